The van der Waals surface area contributed by atoms with E-state index in [-0.39, 0.29) is 17.1 Å². The van der Waals surface area contributed by atoms with Crippen LogP contribution in [0.3, 0.4) is 0 Å². The molecule has 3 rings (SSSR count). The molecule has 0 saturated carbocycles. The van der Waals surface area contributed by atoms with Crippen molar-refractivity contribution in [1.29, 1.82) is 0 Å². The molecule has 0 radical (unpaired) electrons. The molecule has 0 aliphatic heterocycles. The van der Waals surface area contributed by atoms with E-state index in [1.54, 1.807) is 0 Å². The summed E-state index contributed by atoms with van der Waals surface area (Å²) in [6, 6.07) is 13.5. The zero-order chi connectivity index (χ0) is 17.1. The van der Waals surface area contributed by atoms with Gasteiger partial charge in [0, 0.05) is 12.5 Å². The van der Waals surface area contributed by atoms with Gasteiger partial charge in [-0.25, -0.2) is 4.39 Å². The number of hydrogen-bond donors (Lipinski definition) is 1. The summed E-state index contributed by atoms with van der Waals surface area (Å²) in [6.45, 7) is 0.125. The number of hydrogen-bond acceptors (Lipinski definition) is 3. The highest BCUT2D eigenvalue weighted by atomic mass is 35.5. The van der Waals surface area contributed by atoms with E-state index in [4.69, 9.17) is 20.8 Å². The molecule has 3 aromatic rings. The zero-order valence-corrected chi connectivity index (χ0v) is 13.6. The molecule has 0 unspecified atom stereocenters. The Kier molecular flexibility index (Phi) is 4.83. The topological polar surface area (TPSA) is 51.5 Å². The predicted molar refractivity (Wildman–Crippen MR) is 89.7 cm³/mol. The maximum absolute atomic E-state index is 13.8. The maximum Gasteiger partial charge on any atom is 0.255 e. The molecule has 4 nitrogen and oxygen atoms in total. The predicted octanol–water partition coefficient (Wildman–Crippen LogP) is 4.34. The van der Waals surface area contributed by atoms with E-state index in [2.05, 4.69) is 5.32 Å². The summed E-state index contributed by atoms with van der Waals surface area (Å²) in [5.41, 5.74) is 0.552. The molecule has 6 heteroatoms. The molecule has 1 amide bonds. The van der Waals surface area contributed by atoms with Crippen molar-refractivity contribution in [3.05, 3.63) is 70.7 Å². The van der Waals surface area contributed by atoms with Gasteiger partial charge in [-0.2, -0.15) is 0 Å². The Morgan fingerprint density at radius 3 is 2.79 bits per heavy atom. The van der Waals surface area contributed by atoms with Crippen molar-refractivity contribution in [2.75, 3.05) is 13.7 Å². The Bertz CT molecular complexity index is 824. The van der Waals surface area contributed by atoms with Crippen LogP contribution in [0.5, 0.6) is 0 Å². The number of benzene rings is 2. The smallest absolute Gasteiger partial charge is 0.255 e. The Morgan fingerprint density at radius 1 is 1.29 bits per heavy atom. The summed E-state index contributed by atoms with van der Waals surface area (Å²) in [6.07, 6.45) is -0.494. The van der Waals surface area contributed by atoms with Gasteiger partial charge in [0.05, 0.1) is 17.1 Å². The lowest BCUT2D eigenvalue weighted by Gasteiger charge is -2.14. The number of nitrogens with one attached hydrogen (secondary N) is 1. The van der Waals surface area contributed by atoms with E-state index in [9.17, 15) is 9.18 Å². The Labute approximate surface area is 143 Å². The quantitative estimate of drug-likeness (QED) is 0.746. The molecule has 1 atom stereocenters. The molecule has 0 aliphatic rings. The fourth-order valence-electron chi connectivity index (χ4n) is 2.45. The van der Waals surface area contributed by atoms with Crippen molar-refractivity contribution < 1.29 is 18.3 Å². The first kappa shape index (κ1) is 16.5. The van der Waals surface area contributed by atoms with Gasteiger partial charge >= 0.3 is 0 Å². The van der Waals surface area contributed by atoms with Crippen LogP contribution in [0.1, 0.15) is 22.2 Å². The van der Waals surface area contributed by atoms with Gasteiger partial charge < -0.3 is 14.5 Å². The number of halogens is 2. The summed E-state index contributed by atoms with van der Waals surface area (Å²) in [5, 5.41) is 3.63. The van der Waals surface area contributed by atoms with Gasteiger partial charge in [-0.05, 0) is 24.3 Å². The first-order chi connectivity index (χ1) is 11.6. The van der Waals surface area contributed by atoms with Crippen LogP contribution < -0.4 is 5.32 Å². The number of fused-ring (bicyclic) bond motifs is 1. The second kappa shape index (κ2) is 7.03. The minimum atomic E-state index is -0.669. The Balaban J connectivity index is 1.75. The number of methoxy groups -OCH3 is 1. The van der Waals surface area contributed by atoms with Gasteiger partial charge in [0.15, 0.2) is 0 Å². The number of para-hydroxylation sites is 1. The molecule has 0 fully saturated rings. The largest absolute Gasteiger partial charge is 0.458 e. The standard InChI is InChI=1S/C18H15ClFNO3/c1-23-16(15-9-11-5-2-3-8-14(11)24-15)10-21-18(22)17-12(19)6-4-7-13(17)20/h2-9,16H,10H2,1H3,(H,21,22)/t16-/m1/s1. The number of amides is 1. The molecule has 1 heterocycles. The van der Waals surface area contributed by atoms with E-state index in [1.807, 2.05) is 30.3 Å². The lowest BCUT2D eigenvalue weighted by atomic mass is 10.2. The molecule has 1 N–H and O–H groups in total. The van der Waals surface area contributed by atoms with E-state index >= 15 is 0 Å². The first-order valence-electron chi connectivity index (χ1n) is 7.33. The second-order valence-corrected chi connectivity index (χ2v) is 5.62. The fourth-order valence-corrected chi connectivity index (χ4v) is 2.70. The molecular formula is C18H15ClFNO3. The maximum atomic E-state index is 13.8. The highest BCUT2D eigenvalue weighted by Gasteiger charge is 2.20. The van der Waals surface area contributed by atoms with Crippen molar-refractivity contribution in [2.45, 2.75) is 6.10 Å². The van der Waals surface area contributed by atoms with Gasteiger partial charge in [-0.1, -0.05) is 35.9 Å². The van der Waals surface area contributed by atoms with Gasteiger partial charge in [0.25, 0.3) is 5.91 Å². The molecule has 24 heavy (non-hydrogen) atoms. The number of carbonyl (C=O) groups is 1. The normalized spacial score (nSPS) is 12.3. The molecule has 0 aliphatic carbocycles. The minimum Gasteiger partial charge on any atom is -0.458 e. The zero-order valence-electron chi connectivity index (χ0n) is 12.9. The molecule has 0 bridgehead atoms. The van der Waals surface area contributed by atoms with Crippen LogP contribution in [0.25, 0.3) is 11.0 Å². The van der Waals surface area contributed by atoms with E-state index in [0.29, 0.717) is 5.76 Å². The minimum absolute atomic E-state index is 0.0604. The van der Waals surface area contributed by atoms with Crippen molar-refractivity contribution in [3.8, 4) is 0 Å². The van der Waals surface area contributed by atoms with Gasteiger partial charge in [-0.3, -0.25) is 4.79 Å². The van der Waals surface area contributed by atoms with Crippen LogP contribution in [0, 0.1) is 5.82 Å². The summed E-state index contributed by atoms with van der Waals surface area (Å²) in [4.78, 5) is 12.2. The molecule has 1 aromatic heterocycles. The third-order valence-corrected chi connectivity index (χ3v) is 4.00. The van der Waals surface area contributed by atoms with Crippen molar-refractivity contribution in [1.82, 2.24) is 5.32 Å². The number of rotatable bonds is 5. The Morgan fingerprint density at radius 2 is 2.08 bits per heavy atom. The number of carbonyl (C=O) groups excluding carboxylic acids is 1. The first-order valence-corrected chi connectivity index (χ1v) is 7.71. The third-order valence-electron chi connectivity index (χ3n) is 3.68. The summed E-state index contributed by atoms with van der Waals surface area (Å²) < 4.78 is 24.9. The molecule has 124 valence electrons. The van der Waals surface area contributed by atoms with Crippen molar-refractivity contribution >= 4 is 28.5 Å². The summed E-state index contributed by atoms with van der Waals surface area (Å²) in [5.74, 6) is -0.687. The van der Waals surface area contributed by atoms with Crippen molar-refractivity contribution in [2.24, 2.45) is 0 Å². The monoisotopic (exact) mass is 347 g/mol. The van der Waals surface area contributed by atoms with Gasteiger partial charge in [0.1, 0.15) is 23.3 Å². The van der Waals surface area contributed by atoms with Crippen LogP contribution >= 0.6 is 11.6 Å². The van der Waals surface area contributed by atoms with E-state index in [1.165, 1.54) is 25.3 Å². The molecular weight excluding hydrogens is 333 g/mol. The summed E-state index contributed by atoms with van der Waals surface area (Å²) >= 11 is 5.89. The summed E-state index contributed by atoms with van der Waals surface area (Å²) in [7, 11) is 1.51. The van der Waals surface area contributed by atoms with Crippen LogP contribution in [0.2, 0.25) is 5.02 Å². The Hall–Kier alpha value is -2.37. The molecule has 2 aromatic carbocycles. The van der Waals surface area contributed by atoms with E-state index < -0.39 is 17.8 Å². The highest BCUT2D eigenvalue weighted by molar-refractivity contribution is 6.33. The molecule has 0 spiro atoms. The fraction of sp³-hybridized carbons (Fsp3) is 0.167. The van der Waals surface area contributed by atoms with E-state index in [0.717, 1.165) is 11.0 Å². The van der Waals surface area contributed by atoms with Gasteiger partial charge in [0.2, 0.25) is 0 Å². The van der Waals surface area contributed by atoms with Crippen molar-refractivity contribution in [3.63, 3.8) is 0 Å². The average molecular weight is 348 g/mol. The third kappa shape index (κ3) is 3.27. The number of ether oxygens (including phenoxy) is 1. The average Bonchev–Trinajstić information content (AvgIpc) is 2.99. The van der Waals surface area contributed by atoms with Crippen LogP contribution in [-0.4, -0.2) is 19.6 Å². The van der Waals surface area contributed by atoms with Crippen LogP contribution in [0.4, 0.5) is 4.39 Å². The molecule has 0 saturated heterocycles. The van der Waals surface area contributed by atoms with Crippen LogP contribution in [-0.2, 0) is 4.74 Å². The second-order valence-electron chi connectivity index (χ2n) is 5.22. The number of furan rings is 1. The lowest BCUT2D eigenvalue weighted by Crippen LogP contribution is -2.29. The SMILES string of the molecule is CO[C@H](CNC(=O)c1c(F)cccc1Cl)c1cc2ccccc2o1. The van der Waals surface area contributed by atoms with Gasteiger partial charge in [-0.15, -0.1) is 0 Å². The lowest BCUT2D eigenvalue weighted by molar-refractivity contribution is 0.0745. The highest BCUT2D eigenvalue weighted by Crippen LogP contribution is 2.25. The van der Waals surface area contributed by atoms with Crippen LogP contribution in [0.15, 0.2) is 52.9 Å².